The summed E-state index contributed by atoms with van der Waals surface area (Å²) in [5.41, 5.74) is 0.767. The summed E-state index contributed by atoms with van der Waals surface area (Å²) in [6.07, 6.45) is 2.68. The fourth-order valence-corrected chi connectivity index (χ4v) is 2.45. The highest BCUT2D eigenvalue weighted by Gasteiger charge is 2.18. The Morgan fingerprint density at radius 2 is 1.78 bits per heavy atom. The molecule has 1 heterocycles. The monoisotopic (exact) mass is 255 g/mol. The summed E-state index contributed by atoms with van der Waals surface area (Å²) in [6.45, 7) is 2.05. The summed E-state index contributed by atoms with van der Waals surface area (Å²) in [6, 6.07) is 3.31. The van der Waals surface area contributed by atoms with Gasteiger partial charge in [-0.2, -0.15) is 0 Å². The highest BCUT2D eigenvalue weighted by Crippen LogP contribution is 2.23. The van der Waals surface area contributed by atoms with E-state index in [1.54, 1.807) is 12.1 Å². The largest absolute Gasteiger partial charge is 0.380 e. The summed E-state index contributed by atoms with van der Waals surface area (Å²) in [5.74, 6) is -1.01. The molecule has 1 aliphatic heterocycles. The molecule has 1 fully saturated rings. The molecule has 0 amide bonds. The Hall–Kier alpha value is -1.00. The Bertz CT molecular complexity index is 403. The SMILES string of the molecule is COCc1ccc(CC2CCNCC2)c(F)c1F. The molecule has 4 heteroatoms. The van der Waals surface area contributed by atoms with E-state index in [1.807, 2.05) is 0 Å². The summed E-state index contributed by atoms with van der Waals surface area (Å²) in [5, 5.41) is 3.27. The van der Waals surface area contributed by atoms with Crippen LogP contribution in [0.1, 0.15) is 24.0 Å². The van der Waals surface area contributed by atoms with Crippen molar-refractivity contribution < 1.29 is 13.5 Å². The van der Waals surface area contributed by atoms with Crippen LogP contribution in [0.3, 0.4) is 0 Å². The van der Waals surface area contributed by atoms with Gasteiger partial charge in [0.2, 0.25) is 0 Å². The average molecular weight is 255 g/mol. The average Bonchev–Trinajstić information content (AvgIpc) is 2.40. The van der Waals surface area contributed by atoms with Crippen molar-refractivity contribution in [3.63, 3.8) is 0 Å². The summed E-state index contributed by atoms with van der Waals surface area (Å²) in [7, 11) is 1.47. The van der Waals surface area contributed by atoms with Crippen molar-refractivity contribution >= 4 is 0 Å². The first-order valence-corrected chi connectivity index (χ1v) is 6.37. The van der Waals surface area contributed by atoms with E-state index in [0.29, 0.717) is 17.9 Å². The predicted octanol–water partition coefficient (Wildman–Crippen LogP) is 2.65. The van der Waals surface area contributed by atoms with Crippen LogP contribution in [0.4, 0.5) is 8.78 Å². The second-order valence-corrected chi connectivity index (χ2v) is 4.84. The number of hydrogen-bond acceptors (Lipinski definition) is 2. The van der Waals surface area contributed by atoms with Gasteiger partial charge in [0, 0.05) is 12.7 Å². The van der Waals surface area contributed by atoms with Crippen LogP contribution in [0.15, 0.2) is 12.1 Å². The van der Waals surface area contributed by atoms with Crippen molar-refractivity contribution in [1.82, 2.24) is 5.32 Å². The fourth-order valence-electron chi connectivity index (χ4n) is 2.45. The molecule has 18 heavy (non-hydrogen) atoms. The summed E-state index contributed by atoms with van der Waals surface area (Å²) >= 11 is 0. The van der Waals surface area contributed by atoms with Crippen LogP contribution in [0.25, 0.3) is 0 Å². The first-order chi connectivity index (χ1) is 8.72. The van der Waals surface area contributed by atoms with Crippen LogP contribution < -0.4 is 5.32 Å². The van der Waals surface area contributed by atoms with E-state index < -0.39 is 11.6 Å². The number of nitrogens with one attached hydrogen (secondary N) is 1. The Morgan fingerprint density at radius 1 is 1.17 bits per heavy atom. The molecule has 1 saturated heterocycles. The third-order valence-corrected chi connectivity index (χ3v) is 3.51. The fraction of sp³-hybridized carbons (Fsp3) is 0.571. The molecule has 0 unspecified atom stereocenters. The molecule has 1 N–H and O–H groups in total. The Morgan fingerprint density at radius 3 is 2.44 bits per heavy atom. The molecule has 1 aromatic carbocycles. The van der Waals surface area contributed by atoms with E-state index in [2.05, 4.69) is 5.32 Å². The minimum Gasteiger partial charge on any atom is -0.380 e. The van der Waals surface area contributed by atoms with E-state index in [-0.39, 0.29) is 12.2 Å². The first kappa shape index (κ1) is 13.4. The maximum atomic E-state index is 13.9. The third kappa shape index (κ3) is 3.06. The predicted molar refractivity (Wildman–Crippen MR) is 66.4 cm³/mol. The van der Waals surface area contributed by atoms with Crippen molar-refractivity contribution in [2.24, 2.45) is 5.92 Å². The molecule has 0 radical (unpaired) electrons. The lowest BCUT2D eigenvalue weighted by atomic mass is 9.90. The van der Waals surface area contributed by atoms with Crippen molar-refractivity contribution in [1.29, 1.82) is 0 Å². The van der Waals surface area contributed by atoms with Gasteiger partial charge in [0.05, 0.1) is 6.61 Å². The van der Waals surface area contributed by atoms with Crippen LogP contribution >= 0.6 is 0 Å². The normalized spacial score (nSPS) is 17.1. The van der Waals surface area contributed by atoms with Crippen LogP contribution in [0.2, 0.25) is 0 Å². The molecule has 1 aliphatic rings. The summed E-state index contributed by atoms with van der Waals surface area (Å²) in [4.78, 5) is 0. The third-order valence-electron chi connectivity index (χ3n) is 3.51. The van der Waals surface area contributed by atoms with Gasteiger partial charge in [-0.05, 0) is 43.8 Å². The molecular weight excluding hydrogens is 236 g/mol. The van der Waals surface area contributed by atoms with Crippen molar-refractivity contribution in [2.75, 3.05) is 20.2 Å². The number of rotatable bonds is 4. The van der Waals surface area contributed by atoms with Crippen molar-refractivity contribution in [3.05, 3.63) is 34.9 Å². The molecule has 0 bridgehead atoms. The molecule has 2 nitrogen and oxygen atoms in total. The van der Waals surface area contributed by atoms with Crippen LogP contribution in [-0.2, 0) is 17.8 Å². The lowest BCUT2D eigenvalue weighted by Crippen LogP contribution is -2.28. The highest BCUT2D eigenvalue weighted by molar-refractivity contribution is 5.26. The minimum absolute atomic E-state index is 0.108. The maximum Gasteiger partial charge on any atom is 0.164 e. The zero-order valence-corrected chi connectivity index (χ0v) is 10.6. The minimum atomic E-state index is -0.761. The smallest absolute Gasteiger partial charge is 0.164 e. The van der Waals surface area contributed by atoms with Crippen LogP contribution in [0, 0.1) is 17.6 Å². The Balaban J connectivity index is 2.10. The van der Waals surface area contributed by atoms with Gasteiger partial charge < -0.3 is 10.1 Å². The van der Waals surface area contributed by atoms with Gasteiger partial charge in [-0.25, -0.2) is 8.78 Å². The highest BCUT2D eigenvalue weighted by atomic mass is 19.2. The Labute approximate surface area is 106 Å². The second-order valence-electron chi connectivity index (χ2n) is 4.84. The van der Waals surface area contributed by atoms with Crippen molar-refractivity contribution in [3.8, 4) is 0 Å². The molecule has 0 aliphatic carbocycles. The van der Waals surface area contributed by atoms with E-state index in [4.69, 9.17) is 4.74 Å². The van der Waals surface area contributed by atoms with Gasteiger partial charge >= 0.3 is 0 Å². The first-order valence-electron chi connectivity index (χ1n) is 6.37. The van der Waals surface area contributed by atoms with E-state index >= 15 is 0 Å². The Kier molecular flexibility index (Phi) is 4.66. The van der Waals surface area contributed by atoms with Gasteiger partial charge in [-0.1, -0.05) is 12.1 Å². The second kappa shape index (κ2) is 6.25. The van der Waals surface area contributed by atoms with Gasteiger partial charge in [-0.15, -0.1) is 0 Å². The van der Waals surface area contributed by atoms with E-state index in [9.17, 15) is 8.78 Å². The van der Waals surface area contributed by atoms with Gasteiger partial charge in [0.25, 0.3) is 0 Å². The standard InChI is InChI=1S/C14H19F2NO/c1-18-9-12-3-2-11(13(15)14(12)16)8-10-4-6-17-7-5-10/h2-3,10,17H,4-9H2,1H3. The van der Waals surface area contributed by atoms with Gasteiger partial charge in [0.1, 0.15) is 0 Å². The molecular formula is C14H19F2NO. The molecule has 0 atom stereocenters. The molecule has 2 rings (SSSR count). The zero-order valence-electron chi connectivity index (χ0n) is 10.6. The van der Waals surface area contributed by atoms with Gasteiger partial charge in [-0.3, -0.25) is 0 Å². The summed E-state index contributed by atoms with van der Waals surface area (Å²) < 4.78 is 32.5. The molecule has 0 spiro atoms. The number of hydrogen-bond donors (Lipinski definition) is 1. The number of methoxy groups -OCH3 is 1. The zero-order chi connectivity index (χ0) is 13.0. The number of ether oxygens (including phenoxy) is 1. The van der Waals surface area contributed by atoms with Gasteiger partial charge in [0.15, 0.2) is 11.6 Å². The number of halogens is 2. The van der Waals surface area contributed by atoms with E-state index in [0.717, 1.165) is 25.9 Å². The lowest BCUT2D eigenvalue weighted by Gasteiger charge is -2.23. The topological polar surface area (TPSA) is 21.3 Å². The maximum absolute atomic E-state index is 13.9. The number of benzene rings is 1. The van der Waals surface area contributed by atoms with E-state index in [1.165, 1.54) is 7.11 Å². The number of piperidine rings is 1. The van der Waals surface area contributed by atoms with Crippen LogP contribution in [0.5, 0.6) is 0 Å². The lowest BCUT2D eigenvalue weighted by molar-refractivity contribution is 0.180. The quantitative estimate of drug-likeness (QED) is 0.893. The molecule has 0 saturated carbocycles. The van der Waals surface area contributed by atoms with Crippen LogP contribution in [-0.4, -0.2) is 20.2 Å². The molecule has 100 valence electrons. The molecule has 0 aromatic heterocycles. The molecule has 1 aromatic rings. The van der Waals surface area contributed by atoms with Crippen molar-refractivity contribution in [2.45, 2.75) is 25.9 Å².